The van der Waals surface area contributed by atoms with Crippen LogP contribution in [0.3, 0.4) is 0 Å². The number of fused-ring (bicyclic) bond motifs is 6. The quantitative estimate of drug-likeness (QED) is 0.225. The van der Waals surface area contributed by atoms with E-state index in [2.05, 4.69) is 136 Å². The highest BCUT2D eigenvalue weighted by molar-refractivity contribution is 6.09. The van der Waals surface area contributed by atoms with Crippen LogP contribution in [0.4, 0.5) is 0 Å². The molecule has 0 aliphatic heterocycles. The molecule has 2 heterocycles. The number of nitrogens with zero attached hydrogens (tertiary/aromatic N) is 1. The molecule has 0 aliphatic rings. The van der Waals surface area contributed by atoms with Gasteiger partial charge in [-0.3, -0.25) is 0 Å². The molecule has 0 aliphatic carbocycles. The lowest BCUT2D eigenvalue weighted by atomic mass is 9.78. The number of hydrogen-bond donors (Lipinski definition) is 0. The molecular weight excluding hydrogens is 486 g/mol. The molecule has 0 radical (unpaired) electrons. The monoisotopic (exact) mass is 521 g/mol. The Kier molecular flexibility index (Phi) is 5.47. The number of para-hydroxylation sites is 2. The van der Waals surface area contributed by atoms with Gasteiger partial charge in [0.15, 0.2) is 0 Å². The molecule has 7 rings (SSSR count). The first-order valence-corrected chi connectivity index (χ1v) is 14.2. The third-order valence-electron chi connectivity index (χ3n) is 8.51. The molecule has 0 saturated heterocycles. The molecule has 0 N–H and O–H groups in total. The number of hydrogen-bond acceptors (Lipinski definition) is 1. The van der Waals surface area contributed by atoms with Gasteiger partial charge >= 0.3 is 0 Å². The lowest BCUT2D eigenvalue weighted by Crippen LogP contribution is -2.20. The first-order chi connectivity index (χ1) is 19.2. The minimum absolute atomic E-state index is 0.0480. The average Bonchev–Trinajstić information content (AvgIpc) is 3.47. The summed E-state index contributed by atoms with van der Waals surface area (Å²) in [4.78, 5) is 0. The Hall–Kier alpha value is -4.30. The van der Waals surface area contributed by atoms with E-state index >= 15 is 0 Å². The molecule has 0 spiro atoms. The Labute approximate surface area is 235 Å². The van der Waals surface area contributed by atoms with Crippen molar-refractivity contribution in [2.45, 2.75) is 51.9 Å². The Morgan fingerprint density at radius 2 is 1.23 bits per heavy atom. The van der Waals surface area contributed by atoms with Gasteiger partial charge in [0, 0.05) is 27.2 Å². The van der Waals surface area contributed by atoms with Crippen molar-refractivity contribution in [1.82, 2.24) is 4.57 Å². The second-order valence-electron chi connectivity index (χ2n) is 12.9. The van der Waals surface area contributed by atoms with Gasteiger partial charge in [-0.15, -0.1) is 0 Å². The summed E-state index contributed by atoms with van der Waals surface area (Å²) in [5.41, 5.74) is 9.67. The largest absolute Gasteiger partial charge is 0.456 e. The normalized spacial score (nSPS) is 12.7. The fraction of sp³-hybridized carbons (Fsp3) is 0.211. The average molecular weight is 522 g/mol. The molecule has 2 heteroatoms. The fourth-order valence-corrected chi connectivity index (χ4v) is 6.28. The summed E-state index contributed by atoms with van der Waals surface area (Å²) in [5, 5.41) is 4.98. The maximum absolute atomic E-state index is 6.09. The maximum atomic E-state index is 6.09. The predicted molar refractivity (Wildman–Crippen MR) is 170 cm³/mol. The van der Waals surface area contributed by atoms with Crippen LogP contribution in [-0.2, 0) is 17.3 Å². The van der Waals surface area contributed by atoms with Crippen LogP contribution >= 0.6 is 0 Å². The summed E-state index contributed by atoms with van der Waals surface area (Å²) in [7, 11) is 0. The van der Waals surface area contributed by atoms with E-state index in [1.807, 2.05) is 12.1 Å². The van der Waals surface area contributed by atoms with Crippen molar-refractivity contribution in [3.63, 3.8) is 0 Å². The van der Waals surface area contributed by atoms with E-state index < -0.39 is 0 Å². The molecule has 0 fully saturated rings. The van der Waals surface area contributed by atoms with Gasteiger partial charge in [-0.05, 0) is 82.5 Å². The van der Waals surface area contributed by atoms with E-state index in [1.165, 1.54) is 55.0 Å². The van der Waals surface area contributed by atoms with Crippen LogP contribution in [0.25, 0.3) is 49.4 Å². The number of furan rings is 1. The molecule has 5 aromatic carbocycles. The van der Waals surface area contributed by atoms with Crippen LogP contribution in [0.1, 0.15) is 51.3 Å². The van der Waals surface area contributed by atoms with Crippen molar-refractivity contribution < 1.29 is 4.42 Å². The van der Waals surface area contributed by atoms with E-state index in [4.69, 9.17) is 4.42 Å². The van der Waals surface area contributed by atoms with Gasteiger partial charge in [0.05, 0.1) is 11.0 Å². The highest BCUT2D eigenvalue weighted by Crippen LogP contribution is 2.37. The van der Waals surface area contributed by atoms with Gasteiger partial charge < -0.3 is 8.98 Å². The molecular formula is C38H35NO. The van der Waals surface area contributed by atoms with Crippen molar-refractivity contribution in [3.05, 3.63) is 126 Å². The summed E-state index contributed by atoms with van der Waals surface area (Å²) in [6.45, 7) is 11.5. The maximum Gasteiger partial charge on any atom is 0.135 e. The summed E-state index contributed by atoms with van der Waals surface area (Å²) in [6.07, 6.45) is 0.938. The van der Waals surface area contributed by atoms with Gasteiger partial charge in [0.1, 0.15) is 11.2 Å². The van der Waals surface area contributed by atoms with E-state index in [9.17, 15) is 0 Å². The van der Waals surface area contributed by atoms with Crippen LogP contribution in [0, 0.1) is 0 Å². The van der Waals surface area contributed by atoms with E-state index in [1.54, 1.807) is 0 Å². The number of rotatable bonds is 4. The van der Waals surface area contributed by atoms with Crippen LogP contribution in [0.5, 0.6) is 0 Å². The Morgan fingerprint density at radius 1 is 0.550 bits per heavy atom. The summed E-state index contributed by atoms with van der Waals surface area (Å²) < 4.78 is 8.52. The zero-order valence-electron chi connectivity index (χ0n) is 24.0. The van der Waals surface area contributed by atoms with Crippen LogP contribution in [0.2, 0.25) is 0 Å². The zero-order valence-corrected chi connectivity index (χ0v) is 24.0. The Bertz CT molecular complexity index is 2040. The number of benzene rings is 5. The molecule has 7 aromatic rings. The van der Waals surface area contributed by atoms with Crippen LogP contribution in [-0.4, -0.2) is 4.57 Å². The van der Waals surface area contributed by atoms with Gasteiger partial charge in [-0.25, -0.2) is 0 Å². The van der Waals surface area contributed by atoms with Crippen LogP contribution in [0.15, 0.2) is 114 Å². The third-order valence-corrected chi connectivity index (χ3v) is 8.51. The molecule has 2 nitrogen and oxygen atoms in total. The van der Waals surface area contributed by atoms with Gasteiger partial charge in [-0.2, -0.15) is 0 Å². The zero-order chi connectivity index (χ0) is 27.6. The second-order valence-corrected chi connectivity index (χ2v) is 12.9. The lowest BCUT2D eigenvalue weighted by Gasteiger charge is -2.26. The minimum Gasteiger partial charge on any atom is -0.456 e. The standard InChI is InChI=1S/C38H35NO/c1-37(2,3)26-17-19-34-31(22-26)29-13-6-8-15-33(29)39(34)28-12-10-11-25(21-28)24-38(4,5)27-18-20-36-32(23-27)30-14-7-9-16-35(30)40-36/h6-23H,24H2,1-5H3. The van der Waals surface area contributed by atoms with Crippen molar-refractivity contribution in [2.75, 3.05) is 0 Å². The van der Waals surface area contributed by atoms with Gasteiger partial charge in [0.25, 0.3) is 0 Å². The van der Waals surface area contributed by atoms with Crippen molar-refractivity contribution >= 4 is 43.7 Å². The molecule has 0 atom stereocenters. The molecule has 40 heavy (non-hydrogen) atoms. The first-order valence-electron chi connectivity index (χ1n) is 14.2. The topological polar surface area (TPSA) is 18.1 Å². The Morgan fingerprint density at radius 3 is 2.05 bits per heavy atom. The summed E-state index contributed by atoms with van der Waals surface area (Å²) in [5.74, 6) is 0. The fourth-order valence-electron chi connectivity index (χ4n) is 6.28. The highest BCUT2D eigenvalue weighted by Gasteiger charge is 2.23. The Balaban J connectivity index is 1.30. The second kappa shape index (κ2) is 8.86. The van der Waals surface area contributed by atoms with E-state index in [0.29, 0.717) is 0 Å². The molecule has 0 amide bonds. The van der Waals surface area contributed by atoms with Crippen molar-refractivity contribution in [2.24, 2.45) is 0 Å². The summed E-state index contributed by atoms with van der Waals surface area (Å²) in [6, 6.07) is 39.8. The molecule has 0 saturated carbocycles. The van der Waals surface area contributed by atoms with Gasteiger partial charge in [0.2, 0.25) is 0 Å². The summed E-state index contributed by atoms with van der Waals surface area (Å²) >= 11 is 0. The van der Waals surface area contributed by atoms with Crippen molar-refractivity contribution in [1.29, 1.82) is 0 Å². The molecule has 198 valence electrons. The molecule has 0 unspecified atom stereocenters. The SMILES string of the molecule is CC(C)(C)c1ccc2c(c1)c1ccccc1n2-c1cccc(CC(C)(C)c2ccc3oc4ccccc4c3c2)c1. The lowest BCUT2D eigenvalue weighted by molar-refractivity contribution is 0.523. The van der Waals surface area contributed by atoms with Gasteiger partial charge in [-0.1, -0.05) is 95.3 Å². The smallest absolute Gasteiger partial charge is 0.135 e. The number of aromatic nitrogens is 1. The highest BCUT2D eigenvalue weighted by atomic mass is 16.3. The van der Waals surface area contributed by atoms with E-state index in [-0.39, 0.29) is 10.8 Å². The van der Waals surface area contributed by atoms with E-state index in [0.717, 1.165) is 17.6 Å². The van der Waals surface area contributed by atoms with Crippen molar-refractivity contribution in [3.8, 4) is 5.69 Å². The predicted octanol–water partition coefficient (Wildman–Crippen LogP) is 10.5. The molecule has 2 aromatic heterocycles. The first kappa shape index (κ1) is 24.7. The van der Waals surface area contributed by atoms with Crippen LogP contribution < -0.4 is 0 Å². The third kappa shape index (κ3) is 4.02. The minimum atomic E-state index is -0.0480. The molecule has 0 bridgehead atoms.